The molecule has 0 aliphatic heterocycles. The quantitative estimate of drug-likeness (QED) is 0.935. The normalized spacial score (nSPS) is 11.9. The summed E-state index contributed by atoms with van der Waals surface area (Å²) in [6.07, 6.45) is 1.13. The summed E-state index contributed by atoms with van der Waals surface area (Å²) >= 11 is 5.77. The van der Waals surface area contributed by atoms with Crippen LogP contribution in [0.2, 0.25) is 5.02 Å². The Bertz CT molecular complexity index is 566. The van der Waals surface area contributed by atoms with Gasteiger partial charge in [0.15, 0.2) is 11.9 Å². The molecule has 2 aromatic rings. The number of carbonyl (C=O) groups excluding carboxylic acids is 1. The average Bonchev–Trinajstić information content (AvgIpc) is 2.77. The maximum atomic E-state index is 11.9. The fourth-order valence-corrected chi connectivity index (χ4v) is 1.61. The highest BCUT2D eigenvalue weighted by atomic mass is 35.5. The second-order valence-corrected chi connectivity index (χ2v) is 4.51. The smallest absolute Gasteiger partial charge is 0.266 e. The van der Waals surface area contributed by atoms with Crippen LogP contribution in [-0.2, 0) is 11.8 Å². The topological polar surface area (TPSA) is 56.1 Å². The van der Waals surface area contributed by atoms with Crippen LogP contribution >= 0.6 is 11.6 Å². The number of carbonyl (C=O) groups is 1. The molecule has 1 aromatic heterocycles. The van der Waals surface area contributed by atoms with Gasteiger partial charge in [-0.25, -0.2) is 0 Å². The number of aromatic nitrogens is 2. The van der Waals surface area contributed by atoms with E-state index in [0.29, 0.717) is 16.6 Å². The number of hydrogen-bond acceptors (Lipinski definition) is 3. The molecule has 0 aliphatic rings. The standard InChI is InChI=1S/C13H14ClN3O2/c1-9(19-11-5-3-10(14)4-6-11)13(18)15-12-7-8-17(2)16-12/h3-9H,1-2H3,(H,15,16,18)/t9-/m1/s1. The first-order valence-electron chi connectivity index (χ1n) is 5.77. The minimum absolute atomic E-state index is 0.256. The van der Waals surface area contributed by atoms with E-state index in [2.05, 4.69) is 10.4 Å². The minimum atomic E-state index is -0.622. The lowest BCUT2D eigenvalue weighted by Gasteiger charge is -2.13. The van der Waals surface area contributed by atoms with Crippen LogP contribution < -0.4 is 10.1 Å². The van der Waals surface area contributed by atoms with Crippen LogP contribution in [0.15, 0.2) is 36.5 Å². The highest BCUT2D eigenvalue weighted by Gasteiger charge is 2.15. The van der Waals surface area contributed by atoms with Crippen LogP contribution in [-0.4, -0.2) is 21.8 Å². The maximum absolute atomic E-state index is 11.9. The Morgan fingerprint density at radius 3 is 2.63 bits per heavy atom. The number of benzene rings is 1. The molecule has 2 rings (SSSR count). The van der Waals surface area contributed by atoms with Crippen molar-refractivity contribution in [3.05, 3.63) is 41.6 Å². The van der Waals surface area contributed by atoms with E-state index in [1.807, 2.05) is 0 Å². The zero-order chi connectivity index (χ0) is 13.8. The summed E-state index contributed by atoms with van der Waals surface area (Å²) in [6, 6.07) is 8.56. The van der Waals surface area contributed by atoms with E-state index >= 15 is 0 Å². The van der Waals surface area contributed by atoms with Gasteiger partial charge in [0.05, 0.1) is 0 Å². The predicted molar refractivity (Wildman–Crippen MR) is 73.4 cm³/mol. The van der Waals surface area contributed by atoms with Gasteiger partial charge in [-0.1, -0.05) is 11.6 Å². The van der Waals surface area contributed by atoms with E-state index in [-0.39, 0.29) is 5.91 Å². The third-order valence-electron chi connectivity index (χ3n) is 2.46. The molecule has 1 N–H and O–H groups in total. The number of anilines is 1. The van der Waals surface area contributed by atoms with Crippen molar-refractivity contribution in [2.75, 3.05) is 5.32 Å². The molecule has 0 bridgehead atoms. The van der Waals surface area contributed by atoms with Crippen molar-refractivity contribution in [3.8, 4) is 5.75 Å². The van der Waals surface area contributed by atoms with E-state index < -0.39 is 6.10 Å². The summed E-state index contributed by atoms with van der Waals surface area (Å²) in [5, 5.41) is 7.36. The van der Waals surface area contributed by atoms with E-state index in [0.717, 1.165) is 0 Å². The second kappa shape index (κ2) is 5.75. The van der Waals surface area contributed by atoms with Gasteiger partial charge in [-0.15, -0.1) is 0 Å². The lowest BCUT2D eigenvalue weighted by Crippen LogP contribution is -2.30. The molecule has 6 heteroatoms. The largest absolute Gasteiger partial charge is 0.481 e. The lowest BCUT2D eigenvalue weighted by molar-refractivity contribution is -0.122. The summed E-state index contributed by atoms with van der Waals surface area (Å²) in [6.45, 7) is 1.67. The van der Waals surface area contributed by atoms with Crippen LogP contribution in [0, 0.1) is 0 Å². The number of halogens is 1. The maximum Gasteiger partial charge on any atom is 0.266 e. The molecular formula is C13H14ClN3O2. The van der Waals surface area contributed by atoms with Crippen molar-refractivity contribution in [2.45, 2.75) is 13.0 Å². The van der Waals surface area contributed by atoms with Crippen molar-refractivity contribution in [3.63, 3.8) is 0 Å². The van der Waals surface area contributed by atoms with Crippen LogP contribution in [0.5, 0.6) is 5.75 Å². The molecule has 0 saturated carbocycles. The monoisotopic (exact) mass is 279 g/mol. The Balaban J connectivity index is 1.94. The third-order valence-corrected chi connectivity index (χ3v) is 2.71. The van der Waals surface area contributed by atoms with Crippen LogP contribution in [0.3, 0.4) is 0 Å². The Labute approximate surface area is 116 Å². The summed E-state index contributed by atoms with van der Waals surface area (Å²) < 4.78 is 7.12. The molecule has 0 aliphatic carbocycles. The van der Waals surface area contributed by atoms with Crippen LogP contribution in [0.1, 0.15) is 6.92 Å². The van der Waals surface area contributed by atoms with E-state index in [9.17, 15) is 4.79 Å². The number of nitrogens with zero attached hydrogens (tertiary/aromatic N) is 2. The summed E-state index contributed by atoms with van der Waals surface area (Å²) in [4.78, 5) is 11.9. The van der Waals surface area contributed by atoms with Crippen molar-refractivity contribution < 1.29 is 9.53 Å². The first-order valence-corrected chi connectivity index (χ1v) is 6.15. The van der Waals surface area contributed by atoms with E-state index in [1.165, 1.54) is 0 Å². The fraction of sp³-hybridized carbons (Fsp3) is 0.231. The molecule has 1 atom stereocenters. The number of nitrogens with one attached hydrogen (secondary N) is 1. The number of hydrogen-bond donors (Lipinski definition) is 1. The van der Waals surface area contributed by atoms with Crippen LogP contribution in [0.4, 0.5) is 5.82 Å². The van der Waals surface area contributed by atoms with Crippen molar-refractivity contribution in [1.82, 2.24) is 9.78 Å². The van der Waals surface area contributed by atoms with Gasteiger partial charge >= 0.3 is 0 Å². The predicted octanol–water partition coefficient (Wildman–Crippen LogP) is 2.48. The average molecular weight is 280 g/mol. The lowest BCUT2D eigenvalue weighted by atomic mass is 10.3. The Morgan fingerprint density at radius 1 is 1.37 bits per heavy atom. The molecule has 1 heterocycles. The molecule has 1 amide bonds. The Morgan fingerprint density at radius 2 is 2.05 bits per heavy atom. The zero-order valence-electron chi connectivity index (χ0n) is 10.6. The van der Waals surface area contributed by atoms with Crippen molar-refractivity contribution in [2.24, 2.45) is 7.05 Å². The van der Waals surface area contributed by atoms with E-state index in [4.69, 9.17) is 16.3 Å². The summed E-state index contributed by atoms with van der Waals surface area (Å²) in [5.41, 5.74) is 0. The molecule has 0 saturated heterocycles. The van der Waals surface area contributed by atoms with Gasteiger partial charge in [0, 0.05) is 24.3 Å². The number of amides is 1. The van der Waals surface area contributed by atoms with Gasteiger partial charge in [0.1, 0.15) is 5.75 Å². The fourth-order valence-electron chi connectivity index (χ4n) is 1.48. The molecule has 0 radical (unpaired) electrons. The molecule has 100 valence electrons. The number of aryl methyl sites for hydroxylation is 1. The van der Waals surface area contributed by atoms with Gasteiger partial charge in [0.2, 0.25) is 0 Å². The van der Waals surface area contributed by atoms with Gasteiger partial charge in [0.25, 0.3) is 5.91 Å². The number of rotatable bonds is 4. The van der Waals surface area contributed by atoms with Gasteiger partial charge in [-0.3, -0.25) is 9.48 Å². The first kappa shape index (κ1) is 13.4. The molecule has 0 spiro atoms. The van der Waals surface area contributed by atoms with Crippen LogP contribution in [0.25, 0.3) is 0 Å². The second-order valence-electron chi connectivity index (χ2n) is 4.08. The Hall–Kier alpha value is -2.01. The van der Waals surface area contributed by atoms with Gasteiger partial charge in [-0.05, 0) is 31.2 Å². The van der Waals surface area contributed by atoms with Gasteiger partial charge < -0.3 is 10.1 Å². The van der Waals surface area contributed by atoms with Gasteiger partial charge in [-0.2, -0.15) is 5.10 Å². The molecular weight excluding hydrogens is 266 g/mol. The summed E-state index contributed by atoms with van der Waals surface area (Å²) in [5.74, 6) is 0.834. The zero-order valence-corrected chi connectivity index (χ0v) is 11.4. The molecule has 1 aromatic carbocycles. The first-order chi connectivity index (χ1) is 9.04. The third kappa shape index (κ3) is 3.72. The van der Waals surface area contributed by atoms with Crippen molar-refractivity contribution in [1.29, 1.82) is 0 Å². The van der Waals surface area contributed by atoms with Crippen molar-refractivity contribution >= 4 is 23.3 Å². The molecule has 19 heavy (non-hydrogen) atoms. The molecule has 0 fully saturated rings. The highest BCUT2D eigenvalue weighted by Crippen LogP contribution is 2.17. The number of ether oxygens (including phenoxy) is 1. The highest BCUT2D eigenvalue weighted by molar-refractivity contribution is 6.30. The Kier molecular flexibility index (Phi) is 4.06. The molecule has 0 unspecified atom stereocenters. The molecule has 5 nitrogen and oxygen atoms in total. The van der Waals surface area contributed by atoms with E-state index in [1.54, 1.807) is 55.2 Å². The summed E-state index contributed by atoms with van der Waals surface area (Å²) in [7, 11) is 1.78. The SMILES string of the molecule is C[C@@H](Oc1ccc(Cl)cc1)C(=O)Nc1ccn(C)n1. The minimum Gasteiger partial charge on any atom is -0.481 e.